The van der Waals surface area contributed by atoms with Gasteiger partial charge in [0.1, 0.15) is 0 Å². The van der Waals surface area contributed by atoms with Crippen LogP contribution in [0.4, 0.5) is 0 Å². The summed E-state index contributed by atoms with van der Waals surface area (Å²) in [5, 5.41) is 0. The second-order valence-electron chi connectivity index (χ2n) is 4.62. The number of likely N-dealkylation sites (tertiary alicyclic amines) is 1. The number of piperidine rings is 1. The van der Waals surface area contributed by atoms with Crippen molar-refractivity contribution in [3.05, 3.63) is 0 Å². The predicted molar refractivity (Wildman–Crippen MR) is 74.4 cm³/mol. The topological polar surface area (TPSA) is 63.4 Å². The molecule has 0 bridgehead atoms. The average Bonchev–Trinajstić information content (AvgIpc) is 2.28. The third-order valence-electron chi connectivity index (χ3n) is 3.34. The van der Waals surface area contributed by atoms with Crippen LogP contribution in [0, 0.1) is 5.92 Å². The number of sulfone groups is 1. The molecule has 0 aliphatic carbocycles. The van der Waals surface area contributed by atoms with Crippen LogP contribution in [0.1, 0.15) is 26.2 Å². The predicted octanol–water partition coefficient (Wildman–Crippen LogP) is 0.904. The van der Waals surface area contributed by atoms with Gasteiger partial charge in [-0.25, -0.2) is 8.42 Å². The lowest BCUT2D eigenvalue weighted by Gasteiger charge is -2.32. The minimum absolute atomic E-state index is 0. The lowest BCUT2D eigenvalue weighted by Crippen LogP contribution is -2.39. The van der Waals surface area contributed by atoms with Gasteiger partial charge in [-0.1, -0.05) is 6.92 Å². The zero-order chi connectivity index (χ0) is 12.0. The number of halogens is 1. The number of hydrogen-bond donors (Lipinski definition) is 1. The van der Waals surface area contributed by atoms with Crippen LogP contribution in [-0.4, -0.2) is 51.0 Å². The normalized spacial score (nSPS) is 22.1. The van der Waals surface area contributed by atoms with Gasteiger partial charge in [-0.15, -0.1) is 12.4 Å². The minimum atomic E-state index is -2.81. The van der Waals surface area contributed by atoms with E-state index in [0.717, 1.165) is 26.1 Å². The van der Waals surface area contributed by atoms with E-state index < -0.39 is 9.84 Å². The van der Waals surface area contributed by atoms with Gasteiger partial charge in [-0.3, -0.25) is 0 Å². The first-order valence-electron chi connectivity index (χ1n) is 6.20. The molecular weight excluding hydrogens is 260 g/mol. The molecule has 0 aromatic heterocycles. The van der Waals surface area contributed by atoms with E-state index >= 15 is 0 Å². The minimum Gasteiger partial charge on any atom is -0.330 e. The Bertz CT molecular complexity index is 294. The second kappa shape index (κ2) is 8.29. The number of nitrogens with zero attached hydrogens (tertiary/aromatic N) is 1. The van der Waals surface area contributed by atoms with E-state index in [1.54, 1.807) is 6.92 Å². The van der Waals surface area contributed by atoms with Crippen molar-refractivity contribution < 1.29 is 8.42 Å². The van der Waals surface area contributed by atoms with Gasteiger partial charge in [0.05, 0.1) is 5.75 Å². The van der Waals surface area contributed by atoms with Crippen molar-refractivity contribution >= 4 is 22.2 Å². The molecule has 0 amide bonds. The van der Waals surface area contributed by atoms with E-state index in [0.29, 0.717) is 18.2 Å². The maximum Gasteiger partial charge on any atom is 0.151 e. The Hall–Kier alpha value is 0.160. The first-order valence-corrected chi connectivity index (χ1v) is 8.02. The fourth-order valence-electron chi connectivity index (χ4n) is 2.24. The molecule has 1 fully saturated rings. The molecule has 4 nitrogen and oxygen atoms in total. The van der Waals surface area contributed by atoms with E-state index in [9.17, 15) is 8.42 Å². The van der Waals surface area contributed by atoms with Crippen LogP contribution < -0.4 is 5.73 Å². The maximum atomic E-state index is 11.4. The molecule has 1 atom stereocenters. The summed E-state index contributed by atoms with van der Waals surface area (Å²) < 4.78 is 22.8. The van der Waals surface area contributed by atoms with Crippen molar-refractivity contribution in [2.24, 2.45) is 11.7 Å². The number of nitrogens with two attached hydrogens (primary N) is 1. The fourth-order valence-corrected chi connectivity index (χ4v) is 3.06. The smallest absolute Gasteiger partial charge is 0.151 e. The lowest BCUT2D eigenvalue weighted by molar-refractivity contribution is 0.178. The summed E-state index contributed by atoms with van der Waals surface area (Å²) in [4.78, 5) is 2.27. The first kappa shape index (κ1) is 17.2. The van der Waals surface area contributed by atoms with Crippen LogP contribution in [-0.2, 0) is 9.84 Å². The molecule has 1 rings (SSSR count). The van der Waals surface area contributed by atoms with Gasteiger partial charge in [-0.05, 0) is 38.3 Å². The second-order valence-corrected chi connectivity index (χ2v) is 7.10. The molecule has 0 aromatic rings. The van der Waals surface area contributed by atoms with Gasteiger partial charge in [0.15, 0.2) is 9.84 Å². The van der Waals surface area contributed by atoms with Crippen LogP contribution in [0.3, 0.4) is 0 Å². The molecule has 2 N–H and O–H groups in total. The van der Waals surface area contributed by atoms with Gasteiger partial charge in [-0.2, -0.15) is 0 Å². The van der Waals surface area contributed by atoms with Gasteiger partial charge < -0.3 is 10.6 Å². The maximum absolute atomic E-state index is 11.4. The van der Waals surface area contributed by atoms with Crippen LogP contribution >= 0.6 is 12.4 Å². The molecule has 1 aliphatic rings. The molecule has 6 heteroatoms. The number of hydrogen-bond acceptors (Lipinski definition) is 4. The monoisotopic (exact) mass is 284 g/mol. The summed E-state index contributed by atoms with van der Waals surface area (Å²) in [6.07, 6.45) is 3.49. The Morgan fingerprint density at radius 2 is 2.12 bits per heavy atom. The molecule has 104 valence electrons. The molecule has 1 unspecified atom stereocenters. The fraction of sp³-hybridized carbons (Fsp3) is 1.00. The van der Waals surface area contributed by atoms with E-state index in [-0.39, 0.29) is 18.2 Å². The van der Waals surface area contributed by atoms with Crippen LogP contribution in [0.2, 0.25) is 0 Å². The molecule has 1 aliphatic heterocycles. The van der Waals surface area contributed by atoms with Crippen molar-refractivity contribution in [1.82, 2.24) is 4.90 Å². The summed E-state index contributed by atoms with van der Waals surface area (Å²) in [6.45, 7) is 5.21. The van der Waals surface area contributed by atoms with E-state index in [2.05, 4.69) is 4.90 Å². The van der Waals surface area contributed by atoms with Crippen molar-refractivity contribution in [3.63, 3.8) is 0 Å². The Balaban J connectivity index is 0.00000256. The lowest BCUT2D eigenvalue weighted by atomic mass is 9.95. The molecular formula is C11H25ClN2O2S. The summed E-state index contributed by atoms with van der Waals surface area (Å²) in [6, 6.07) is 0. The van der Waals surface area contributed by atoms with Crippen LogP contribution in [0.15, 0.2) is 0 Å². The summed E-state index contributed by atoms with van der Waals surface area (Å²) in [7, 11) is -2.81. The van der Waals surface area contributed by atoms with E-state index in [4.69, 9.17) is 5.73 Å². The third kappa shape index (κ3) is 6.60. The number of rotatable bonds is 6. The molecule has 0 radical (unpaired) electrons. The first-order chi connectivity index (χ1) is 7.57. The summed E-state index contributed by atoms with van der Waals surface area (Å²) in [5.74, 6) is 1.23. The Morgan fingerprint density at radius 3 is 2.71 bits per heavy atom. The molecule has 0 aromatic carbocycles. The quantitative estimate of drug-likeness (QED) is 0.787. The molecule has 0 saturated carbocycles. The molecule has 17 heavy (non-hydrogen) atoms. The Labute approximate surface area is 111 Å². The molecule has 1 saturated heterocycles. The van der Waals surface area contributed by atoms with Gasteiger partial charge >= 0.3 is 0 Å². The molecule has 1 heterocycles. The van der Waals surface area contributed by atoms with Crippen molar-refractivity contribution in [3.8, 4) is 0 Å². The zero-order valence-electron chi connectivity index (χ0n) is 10.6. The van der Waals surface area contributed by atoms with Crippen molar-refractivity contribution in [2.45, 2.75) is 26.2 Å². The van der Waals surface area contributed by atoms with Crippen LogP contribution in [0.25, 0.3) is 0 Å². The summed E-state index contributed by atoms with van der Waals surface area (Å²) >= 11 is 0. The van der Waals surface area contributed by atoms with Gasteiger partial charge in [0.25, 0.3) is 0 Å². The molecule has 0 spiro atoms. The van der Waals surface area contributed by atoms with Crippen LogP contribution in [0.5, 0.6) is 0 Å². The Morgan fingerprint density at radius 1 is 1.41 bits per heavy atom. The van der Waals surface area contributed by atoms with Crippen molar-refractivity contribution in [2.75, 3.05) is 37.7 Å². The van der Waals surface area contributed by atoms with Crippen molar-refractivity contribution in [1.29, 1.82) is 0 Å². The highest BCUT2D eigenvalue weighted by atomic mass is 35.5. The van der Waals surface area contributed by atoms with E-state index in [1.165, 1.54) is 12.8 Å². The summed E-state index contributed by atoms with van der Waals surface area (Å²) in [5.41, 5.74) is 5.56. The Kier molecular flexibility index (Phi) is 8.37. The van der Waals surface area contributed by atoms with Gasteiger partial charge in [0.2, 0.25) is 0 Å². The standard InChI is InChI=1S/C11H24N2O2S.ClH/c1-2-16(14,15)9-8-13-7-3-4-11(10-13)5-6-12;/h11H,2-10,12H2,1H3;1H. The third-order valence-corrected chi connectivity index (χ3v) is 5.02. The zero-order valence-corrected chi connectivity index (χ0v) is 12.2. The largest absolute Gasteiger partial charge is 0.330 e. The highest BCUT2D eigenvalue weighted by molar-refractivity contribution is 7.91. The highest BCUT2D eigenvalue weighted by Gasteiger charge is 2.20. The van der Waals surface area contributed by atoms with Gasteiger partial charge in [0, 0.05) is 18.8 Å². The SMILES string of the molecule is CCS(=O)(=O)CCN1CCCC(CCN)C1.Cl. The average molecular weight is 285 g/mol. The highest BCUT2D eigenvalue weighted by Crippen LogP contribution is 2.18. The van der Waals surface area contributed by atoms with E-state index in [1.807, 2.05) is 0 Å².